The summed E-state index contributed by atoms with van der Waals surface area (Å²) in [7, 11) is 0. The number of rotatable bonds is 0. The molecule has 4 heteroatoms. The van der Waals surface area contributed by atoms with Crippen LogP contribution in [0.1, 0.15) is 0 Å². The predicted octanol–water partition coefficient (Wildman–Crippen LogP) is 2.19. The van der Waals surface area contributed by atoms with Crippen molar-refractivity contribution < 1.29 is 10.2 Å². The summed E-state index contributed by atoms with van der Waals surface area (Å²) in [6.45, 7) is 0. The molecule has 2 aromatic heterocycles. The monoisotopic (exact) mass is 212 g/mol. The van der Waals surface area contributed by atoms with Crippen molar-refractivity contribution in [3.63, 3.8) is 0 Å². The summed E-state index contributed by atoms with van der Waals surface area (Å²) < 4.78 is 0. The molecule has 0 unspecified atom stereocenters. The number of pyridine rings is 2. The Labute approximate surface area is 90.8 Å². The topological polar surface area (TPSA) is 66.2 Å². The van der Waals surface area contributed by atoms with E-state index in [1.54, 1.807) is 6.20 Å². The largest absolute Gasteiger partial charge is 0.503 e. The summed E-state index contributed by atoms with van der Waals surface area (Å²) in [5.74, 6) is -0.570. The van der Waals surface area contributed by atoms with Crippen LogP contribution in [0.25, 0.3) is 21.8 Å². The molecule has 0 bridgehead atoms. The van der Waals surface area contributed by atoms with Crippen LogP contribution in [0, 0.1) is 0 Å². The molecule has 0 spiro atoms. The van der Waals surface area contributed by atoms with Gasteiger partial charge in [0.1, 0.15) is 0 Å². The van der Waals surface area contributed by atoms with Gasteiger partial charge in [0.15, 0.2) is 5.75 Å². The first-order valence-corrected chi connectivity index (χ1v) is 4.82. The molecule has 0 saturated carbocycles. The normalized spacial score (nSPS) is 11.0. The van der Waals surface area contributed by atoms with E-state index in [1.807, 2.05) is 24.3 Å². The average molecular weight is 212 g/mol. The molecule has 2 heterocycles. The van der Waals surface area contributed by atoms with Crippen LogP contribution in [0.4, 0.5) is 0 Å². The Balaban J connectivity index is 2.55. The van der Waals surface area contributed by atoms with Gasteiger partial charge in [0.05, 0.1) is 11.0 Å². The highest BCUT2D eigenvalue weighted by Gasteiger charge is 2.07. The van der Waals surface area contributed by atoms with Crippen molar-refractivity contribution in [2.75, 3.05) is 0 Å². The third-order valence-electron chi connectivity index (χ3n) is 2.53. The zero-order valence-corrected chi connectivity index (χ0v) is 8.25. The number of hydrogen-bond donors (Lipinski definition) is 2. The van der Waals surface area contributed by atoms with E-state index in [2.05, 4.69) is 9.97 Å². The molecule has 0 radical (unpaired) electrons. The Bertz CT molecular complexity index is 695. The van der Waals surface area contributed by atoms with Gasteiger partial charge in [-0.2, -0.15) is 0 Å². The molecule has 0 aliphatic carbocycles. The van der Waals surface area contributed by atoms with Crippen molar-refractivity contribution in [3.8, 4) is 11.6 Å². The second-order valence-electron chi connectivity index (χ2n) is 3.54. The van der Waals surface area contributed by atoms with Crippen LogP contribution in [0.3, 0.4) is 0 Å². The molecule has 0 saturated heterocycles. The quantitative estimate of drug-likeness (QED) is 0.560. The van der Waals surface area contributed by atoms with Crippen LogP contribution in [-0.2, 0) is 0 Å². The fourth-order valence-electron chi connectivity index (χ4n) is 1.77. The molecule has 4 nitrogen and oxygen atoms in total. The summed E-state index contributed by atoms with van der Waals surface area (Å²) in [6, 6.07) is 8.86. The van der Waals surface area contributed by atoms with Gasteiger partial charge in [-0.15, -0.1) is 0 Å². The Morgan fingerprint density at radius 1 is 1.06 bits per heavy atom. The highest BCUT2D eigenvalue weighted by atomic mass is 16.3. The van der Waals surface area contributed by atoms with Gasteiger partial charge in [-0.3, -0.25) is 4.98 Å². The highest BCUT2D eigenvalue weighted by Crippen LogP contribution is 2.30. The van der Waals surface area contributed by atoms with Crippen LogP contribution < -0.4 is 0 Å². The first kappa shape index (κ1) is 8.91. The number of aromatic nitrogens is 2. The van der Waals surface area contributed by atoms with E-state index in [0.717, 1.165) is 16.3 Å². The molecular formula is C12H8N2O2. The summed E-state index contributed by atoms with van der Waals surface area (Å²) in [4.78, 5) is 8.17. The van der Waals surface area contributed by atoms with Gasteiger partial charge in [0.25, 0.3) is 5.88 Å². The molecule has 78 valence electrons. The van der Waals surface area contributed by atoms with Gasteiger partial charge in [0.2, 0.25) is 0 Å². The molecule has 0 atom stereocenters. The fourth-order valence-corrected chi connectivity index (χ4v) is 1.77. The van der Waals surface area contributed by atoms with Gasteiger partial charge >= 0.3 is 0 Å². The third-order valence-corrected chi connectivity index (χ3v) is 2.53. The number of nitrogens with zero attached hydrogens (tertiary/aromatic N) is 2. The minimum atomic E-state index is -0.358. The lowest BCUT2D eigenvalue weighted by Crippen LogP contribution is -1.84. The standard InChI is InChI=1S/C12H8N2O2/c15-10-6-7-3-4-9-8(2-1-5-13-9)11(7)14-12(10)16/h1-6,15H,(H,14,16). The summed E-state index contributed by atoms with van der Waals surface area (Å²) in [5, 5.41) is 20.4. The number of benzene rings is 1. The first-order chi connectivity index (χ1) is 7.75. The highest BCUT2D eigenvalue weighted by molar-refractivity contribution is 6.04. The molecule has 3 rings (SSSR count). The second-order valence-corrected chi connectivity index (χ2v) is 3.54. The van der Waals surface area contributed by atoms with E-state index < -0.39 is 0 Å². The minimum Gasteiger partial charge on any atom is -0.503 e. The van der Waals surface area contributed by atoms with Gasteiger partial charge in [-0.05, 0) is 24.3 Å². The Hall–Kier alpha value is -2.36. The number of hydrogen-bond acceptors (Lipinski definition) is 4. The maximum Gasteiger partial charge on any atom is 0.254 e. The van der Waals surface area contributed by atoms with E-state index >= 15 is 0 Å². The van der Waals surface area contributed by atoms with Crippen LogP contribution in [0.15, 0.2) is 36.5 Å². The molecule has 0 aliphatic rings. The van der Waals surface area contributed by atoms with Crippen molar-refractivity contribution in [3.05, 3.63) is 36.5 Å². The molecule has 3 aromatic rings. The molecule has 2 N–H and O–H groups in total. The van der Waals surface area contributed by atoms with Crippen molar-refractivity contribution in [1.82, 2.24) is 9.97 Å². The Kier molecular flexibility index (Phi) is 1.71. The van der Waals surface area contributed by atoms with Gasteiger partial charge < -0.3 is 10.2 Å². The molecule has 0 fully saturated rings. The van der Waals surface area contributed by atoms with E-state index in [1.165, 1.54) is 6.07 Å². The Morgan fingerprint density at radius 2 is 1.94 bits per heavy atom. The van der Waals surface area contributed by atoms with E-state index in [-0.39, 0.29) is 11.6 Å². The van der Waals surface area contributed by atoms with Crippen LogP contribution in [0.2, 0.25) is 0 Å². The van der Waals surface area contributed by atoms with Crippen molar-refractivity contribution in [1.29, 1.82) is 0 Å². The van der Waals surface area contributed by atoms with Gasteiger partial charge in [-0.1, -0.05) is 6.07 Å². The summed E-state index contributed by atoms with van der Waals surface area (Å²) in [6.07, 6.45) is 1.70. The second kappa shape index (κ2) is 3.06. The SMILES string of the molecule is Oc1cc2ccc3ncccc3c2nc1O. The lowest BCUT2D eigenvalue weighted by atomic mass is 10.1. The molecule has 0 aliphatic heterocycles. The lowest BCUT2D eigenvalue weighted by molar-refractivity contribution is 0.391. The lowest BCUT2D eigenvalue weighted by Gasteiger charge is -2.03. The number of fused-ring (bicyclic) bond motifs is 3. The van der Waals surface area contributed by atoms with Crippen molar-refractivity contribution in [2.45, 2.75) is 0 Å². The fraction of sp³-hybridized carbons (Fsp3) is 0. The first-order valence-electron chi connectivity index (χ1n) is 4.82. The van der Waals surface area contributed by atoms with Crippen LogP contribution >= 0.6 is 0 Å². The Morgan fingerprint density at radius 3 is 2.81 bits per heavy atom. The number of aromatic hydroxyl groups is 2. The minimum absolute atomic E-state index is 0.212. The average Bonchev–Trinajstić information content (AvgIpc) is 2.31. The smallest absolute Gasteiger partial charge is 0.254 e. The molecular weight excluding hydrogens is 204 g/mol. The van der Waals surface area contributed by atoms with E-state index in [9.17, 15) is 10.2 Å². The molecule has 0 amide bonds. The van der Waals surface area contributed by atoms with Crippen molar-refractivity contribution in [2.24, 2.45) is 0 Å². The third kappa shape index (κ3) is 1.16. The predicted molar refractivity (Wildman–Crippen MR) is 60.4 cm³/mol. The van der Waals surface area contributed by atoms with Crippen molar-refractivity contribution >= 4 is 21.8 Å². The molecule has 1 aromatic carbocycles. The van der Waals surface area contributed by atoms with E-state index in [4.69, 9.17) is 0 Å². The molecule has 16 heavy (non-hydrogen) atoms. The zero-order valence-electron chi connectivity index (χ0n) is 8.25. The van der Waals surface area contributed by atoms with Gasteiger partial charge in [0, 0.05) is 17.0 Å². The maximum atomic E-state index is 9.40. The maximum absolute atomic E-state index is 9.40. The van der Waals surface area contributed by atoms with Crippen LogP contribution in [-0.4, -0.2) is 20.2 Å². The van der Waals surface area contributed by atoms with Crippen LogP contribution in [0.5, 0.6) is 11.6 Å². The van der Waals surface area contributed by atoms with E-state index in [0.29, 0.717) is 5.52 Å². The van der Waals surface area contributed by atoms with Gasteiger partial charge in [-0.25, -0.2) is 4.98 Å². The zero-order chi connectivity index (χ0) is 11.1. The summed E-state index contributed by atoms with van der Waals surface area (Å²) >= 11 is 0. The summed E-state index contributed by atoms with van der Waals surface area (Å²) in [5.41, 5.74) is 1.45.